The Hall–Kier alpha value is -2.52. The molecule has 0 atom stereocenters. The highest BCUT2D eigenvalue weighted by Crippen LogP contribution is 2.21. The second-order valence-electron chi connectivity index (χ2n) is 4.02. The van der Waals surface area contributed by atoms with Gasteiger partial charge in [0, 0.05) is 11.3 Å². The Labute approximate surface area is 116 Å². The molecular weight excluding hydrogens is 279 g/mol. The Kier molecular flexibility index (Phi) is 3.63. The van der Waals surface area contributed by atoms with E-state index in [1.165, 1.54) is 18.2 Å². The van der Waals surface area contributed by atoms with Crippen molar-refractivity contribution in [3.63, 3.8) is 0 Å². The van der Waals surface area contributed by atoms with Gasteiger partial charge in [0.1, 0.15) is 10.7 Å². The van der Waals surface area contributed by atoms with E-state index >= 15 is 0 Å². The summed E-state index contributed by atoms with van der Waals surface area (Å²) in [7, 11) is -4.07. The predicted octanol–water partition coefficient (Wildman–Crippen LogP) is 2.19. The summed E-state index contributed by atoms with van der Waals surface area (Å²) in [5.74, 6) is 1.51. The predicted molar refractivity (Wildman–Crippen MR) is 76.0 cm³/mol. The zero-order valence-corrected chi connectivity index (χ0v) is 11.1. The molecule has 0 heterocycles. The average molecular weight is 290 g/mol. The molecule has 0 aliphatic rings. The van der Waals surface area contributed by atoms with E-state index in [9.17, 15) is 12.8 Å². The van der Waals surface area contributed by atoms with Gasteiger partial charge >= 0.3 is 0 Å². The number of nitrogen functional groups attached to an aromatic ring is 1. The average Bonchev–Trinajstić information content (AvgIpc) is 2.41. The number of nitrogens with two attached hydrogens (primary N) is 1. The number of benzene rings is 2. The van der Waals surface area contributed by atoms with E-state index in [0.717, 1.165) is 12.1 Å². The van der Waals surface area contributed by atoms with E-state index in [0.29, 0.717) is 5.56 Å². The van der Waals surface area contributed by atoms with Gasteiger partial charge in [-0.1, -0.05) is 12.0 Å². The van der Waals surface area contributed by atoms with Crippen molar-refractivity contribution in [3.05, 3.63) is 53.8 Å². The van der Waals surface area contributed by atoms with E-state index in [1.807, 2.05) is 0 Å². The lowest BCUT2D eigenvalue weighted by atomic mass is 10.2. The SMILES string of the molecule is C#Cc1cccc(NS(=O)(=O)c2cc(N)ccc2F)c1. The lowest BCUT2D eigenvalue weighted by Crippen LogP contribution is -2.15. The highest BCUT2D eigenvalue weighted by molar-refractivity contribution is 7.92. The van der Waals surface area contributed by atoms with Crippen LogP contribution >= 0.6 is 0 Å². The quantitative estimate of drug-likeness (QED) is 0.672. The Morgan fingerprint density at radius 2 is 1.95 bits per heavy atom. The van der Waals surface area contributed by atoms with Crippen LogP contribution in [0.4, 0.5) is 15.8 Å². The molecule has 0 spiro atoms. The second-order valence-corrected chi connectivity index (χ2v) is 5.67. The van der Waals surface area contributed by atoms with Crippen molar-refractivity contribution in [1.29, 1.82) is 0 Å². The van der Waals surface area contributed by atoms with Crippen molar-refractivity contribution in [2.75, 3.05) is 10.5 Å². The fourth-order valence-corrected chi connectivity index (χ4v) is 2.77. The van der Waals surface area contributed by atoms with Crippen LogP contribution in [0.5, 0.6) is 0 Å². The summed E-state index contributed by atoms with van der Waals surface area (Å²) in [6.07, 6.45) is 5.23. The van der Waals surface area contributed by atoms with Crippen molar-refractivity contribution in [2.45, 2.75) is 4.90 Å². The monoisotopic (exact) mass is 290 g/mol. The summed E-state index contributed by atoms with van der Waals surface area (Å²) in [5.41, 5.74) is 6.40. The minimum atomic E-state index is -4.07. The van der Waals surface area contributed by atoms with Gasteiger partial charge in [-0.2, -0.15) is 0 Å². The van der Waals surface area contributed by atoms with Gasteiger partial charge in [0.15, 0.2) is 0 Å². The summed E-state index contributed by atoms with van der Waals surface area (Å²) in [6.45, 7) is 0. The molecule has 0 aromatic heterocycles. The first kappa shape index (κ1) is 13.9. The summed E-state index contributed by atoms with van der Waals surface area (Å²) < 4.78 is 40.1. The maximum absolute atomic E-state index is 13.6. The van der Waals surface area contributed by atoms with Gasteiger partial charge in [-0.05, 0) is 36.4 Å². The van der Waals surface area contributed by atoms with Crippen LogP contribution in [0.3, 0.4) is 0 Å². The molecule has 0 radical (unpaired) electrons. The number of rotatable bonds is 3. The molecule has 0 aliphatic heterocycles. The van der Waals surface area contributed by atoms with E-state index in [4.69, 9.17) is 12.2 Å². The van der Waals surface area contributed by atoms with Gasteiger partial charge in [0.05, 0.1) is 5.69 Å². The lowest BCUT2D eigenvalue weighted by molar-refractivity contribution is 0.570. The minimum Gasteiger partial charge on any atom is -0.399 e. The first-order chi connectivity index (χ1) is 9.42. The fourth-order valence-electron chi connectivity index (χ4n) is 1.61. The molecule has 2 aromatic carbocycles. The van der Waals surface area contributed by atoms with Crippen molar-refractivity contribution < 1.29 is 12.8 Å². The highest BCUT2D eigenvalue weighted by Gasteiger charge is 2.19. The van der Waals surface area contributed by atoms with Crippen LogP contribution in [-0.4, -0.2) is 8.42 Å². The topological polar surface area (TPSA) is 72.2 Å². The third-order valence-corrected chi connectivity index (χ3v) is 3.92. The largest absolute Gasteiger partial charge is 0.399 e. The number of halogens is 1. The molecule has 2 rings (SSSR count). The second kappa shape index (κ2) is 5.23. The normalized spacial score (nSPS) is 10.8. The summed E-state index contributed by atoms with van der Waals surface area (Å²) in [4.78, 5) is -0.511. The van der Waals surface area contributed by atoms with Crippen LogP contribution in [-0.2, 0) is 10.0 Å². The third kappa shape index (κ3) is 2.90. The Morgan fingerprint density at radius 3 is 2.65 bits per heavy atom. The molecule has 20 heavy (non-hydrogen) atoms. The van der Waals surface area contributed by atoms with Gasteiger partial charge in [0.2, 0.25) is 0 Å². The minimum absolute atomic E-state index is 0.157. The number of sulfonamides is 1. The highest BCUT2D eigenvalue weighted by atomic mass is 32.2. The van der Waals surface area contributed by atoms with E-state index < -0.39 is 20.7 Å². The molecule has 2 aromatic rings. The smallest absolute Gasteiger partial charge is 0.264 e. The molecule has 4 nitrogen and oxygen atoms in total. The molecule has 6 heteroatoms. The molecule has 0 unspecified atom stereocenters. The number of nitrogens with one attached hydrogen (secondary N) is 1. The van der Waals surface area contributed by atoms with Crippen LogP contribution < -0.4 is 10.5 Å². The Morgan fingerprint density at radius 1 is 1.20 bits per heavy atom. The fraction of sp³-hybridized carbons (Fsp3) is 0. The first-order valence-corrected chi connectivity index (χ1v) is 7.05. The maximum Gasteiger partial charge on any atom is 0.264 e. The van der Waals surface area contributed by atoms with E-state index in [2.05, 4.69) is 10.6 Å². The van der Waals surface area contributed by atoms with E-state index in [1.54, 1.807) is 12.1 Å². The molecule has 0 saturated carbocycles. The van der Waals surface area contributed by atoms with Gasteiger partial charge in [0.25, 0.3) is 10.0 Å². The third-order valence-electron chi connectivity index (χ3n) is 2.53. The summed E-state index contributed by atoms with van der Waals surface area (Å²) in [5, 5.41) is 0. The molecule has 102 valence electrons. The van der Waals surface area contributed by atoms with Crippen LogP contribution in [0.15, 0.2) is 47.4 Å². The van der Waals surface area contributed by atoms with E-state index in [-0.39, 0.29) is 11.4 Å². The van der Waals surface area contributed by atoms with Gasteiger partial charge in [-0.3, -0.25) is 4.72 Å². The zero-order valence-electron chi connectivity index (χ0n) is 10.3. The van der Waals surface area contributed by atoms with Crippen LogP contribution in [0.25, 0.3) is 0 Å². The number of hydrogen-bond donors (Lipinski definition) is 2. The molecule has 3 N–H and O–H groups in total. The molecule has 0 fully saturated rings. The van der Waals surface area contributed by atoms with Gasteiger partial charge in [-0.15, -0.1) is 6.42 Å². The molecular formula is C14H11FN2O2S. The number of anilines is 2. The van der Waals surface area contributed by atoms with Crippen molar-refractivity contribution in [1.82, 2.24) is 0 Å². The van der Waals surface area contributed by atoms with Gasteiger partial charge in [-0.25, -0.2) is 12.8 Å². The van der Waals surface area contributed by atoms with Crippen LogP contribution in [0, 0.1) is 18.2 Å². The van der Waals surface area contributed by atoms with Crippen LogP contribution in [0.2, 0.25) is 0 Å². The van der Waals surface area contributed by atoms with Crippen molar-refractivity contribution in [3.8, 4) is 12.3 Å². The first-order valence-electron chi connectivity index (χ1n) is 5.57. The summed E-state index contributed by atoms with van der Waals surface area (Å²) in [6, 6.07) is 9.59. The standard InChI is InChI=1S/C14H11FN2O2S/c1-2-10-4-3-5-12(8-10)17-20(18,19)14-9-11(16)6-7-13(14)15/h1,3-9,17H,16H2. The Balaban J connectivity index is 2.41. The van der Waals surface area contributed by atoms with Gasteiger partial charge < -0.3 is 5.73 Å². The maximum atomic E-state index is 13.6. The molecule has 0 bridgehead atoms. The summed E-state index contributed by atoms with van der Waals surface area (Å²) >= 11 is 0. The van der Waals surface area contributed by atoms with Crippen molar-refractivity contribution in [2.24, 2.45) is 0 Å². The molecule has 0 aliphatic carbocycles. The lowest BCUT2D eigenvalue weighted by Gasteiger charge is -2.09. The zero-order chi connectivity index (χ0) is 14.8. The van der Waals surface area contributed by atoms with Crippen LogP contribution in [0.1, 0.15) is 5.56 Å². The Bertz CT molecular complexity index is 795. The van der Waals surface area contributed by atoms with Crippen molar-refractivity contribution >= 4 is 21.4 Å². The molecule has 0 saturated heterocycles. The number of terminal acetylenes is 1. The molecule has 0 amide bonds. The number of hydrogen-bond acceptors (Lipinski definition) is 3.